The summed E-state index contributed by atoms with van der Waals surface area (Å²) in [6.07, 6.45) is 3.63. The van der Waals surface area contributed by atoms with Crippen molar-refractivity contribution in [1.82, 2.24) is 9.97 Å². The Morgan fingerprint density at radius 2 is 1.68 bits per heavy atom. The van der Waals surface area contributed by atoms with Gasteiger partial charge in [0.2, 0.25) is 0 Å². The van der Waals surface area contributed by atoms with Crippen molar-refractivity contribution in [3.63, 3.8) is 0 Å². The van der Waals surface area contributed by atoms with Gasteiger partial charge in [0, 0.05) is 23.4 Å². The minimum absolute atomic E-state index is 0.0192. The van der Waals surface area contributed by atoms with Crippen molar-refractivity contribution in [2.75, 3.05) is 5.75 Å². The van der Waals surface area contributed by atoms with Crippen LogP contribution in [0.15, 0.2) is 58.8 Å². The quantitative estimate of drug-likeness (QED) is 0.647. The van der Waals surface area contributed by atoms with E-state index in [0.29, 0.717) is 0 Å². The summed E-state index contributed by atoms with van der Waals surface area (Å²) in [5.74, 6) is -0.0412. The molecule has 22 heavy (non-hydrogen) atoms. The zero-order chi connectivity index (χ0) is 15.6. The molecule has 116 valence electrons. The Morgan fingerprint density at radius 1 is 1.05 bits per heavy atom. The summed E-state index contributed by atoms with van der Waals surface area (Å²) in [6, 6.07) is 11.5. The van der Waals surface area contributed by atoms with Crippen LogP contribution in [0.1, 0.15) is 6.42 Å². The number of hydrogen-bond acceptors (Lipinski definition) is 7. The molecule has 1 atom stereocenters. The van der Waals surface area contributed by atoms with Crippen molar-refractivity contribution in [3.05, 3.63) is 48.8 Å². The molecule has 1 unspecified atom stereocenters. The second kappa shape index (κ2) is 10.0. The molecule has 0 aliphatic heterocycles. The highest BCUT2D eigenvalue weighted by Gasteiger charge is 2.16. The van der Waals surface area contributed by atoms with E-state index in [1.807, 2.05) is 36.4 Å². The maximum absolute atomic E-state index is 11.0. The lowest BCUT2D eigenvalue weighted by atomic mass is 10.3. The van der Waals surface area contributed by atoms with Crippen LogP contribution < -0.4 is 0 Å². The number of nitrogens with zero attached hydrogens (tertiary/aromatic N) is 2. The monoisotopic (exact) mass is 370 g/mol. The van der Waals surface area contributed by atoms with Crippen LogP contribution in [0, 0.1) is 0 Å². The molecule has 2 aromatic heterocycles. The first-order valence-electron chi connectivity index (χ1n) is 6.40. The topological polar surface area (TPSA) is 63.1 Å². The molecule has 0 amide bonds. The molecule has 0 fully saturated rings. The Kier molecular flexibility index (Phi) is 8.00. The highest BCUT2D eigenvalue weighted by Crippen LogP contribution is 2.39. The van der Waals surface area contributed by atoms with Gasteiger partial charge >= 0.3 is 5.97 Å². The summed E-state index contributed by atoms with van der Waals surface area (Å²) in [4.78, 5) is 19.5. The maximum atomic E-state index is 11.0. The third-order valence-corrected chi connectivity index (χ3v) is 7.63. The van der Waals surface area contributed by atoms with E-state index >= 15 is 0 Å². The molecule has 0 aromatic carbocycles. The Hall–Kier alpha value is -0.830. The number of hydrogen-bond donors (Lipinski definition) is 1. The first-order chi connectivity index (χ1) is 10.7. The molecule has 8 heteroatoms. The van der Waals surface area contributed by atoms with Crippen LogP contribution in [0.4, 0.5) is 0 Å². The number of carbonyl (C=O) groups is 1. The molecular weight excluding hydrogens is 356 g/mol. The average molecular weight is 371 g/mol. The number of rotatable bonds is 9. The summed E-state index contributed by atoms with van der Waals surface area (Å²) in [5.41, 5.74) is 0. The smallest absolute Gasteiger partial charge is 0.304 e. The van der Waals surface area contributed by atoms with E-state index in [4.69, 9.17) is 5.11 Å². The number of carboxylic acids is 1. The van der Waals surface area contributed by atoms with Crippen LogP contribution in [-0.4, -0.2) is 32.0 Å². The van der Waals surface area contributed by atoms with Crippen molar-refractivity contribution >= 4 is 49.1 Å². The van der Waals surface area contributed by atoms with E-state index in [-0.39, 0.29) is 11.7 Å². The number of carboxylic acid groups (broad SMARTS) is 1. The van der Waals surface area contributed by atoms with Gasteiger partial charge in [-0.25, -0.2) is 9.97 Å². The van der Waals surface area contributed by atoms with Crippen molar-refractivity contribution in [1.29, 1.82) is 0 Å². The average Bonchev–Trinajstić information content (AvgIpc) is 2.54. The lowest BCUT2D eigenvalue weighted by molar-refractivity contribution is -0.136. The molecule has 0 radical (unpaired) electrons. The zero-order valence-corrected chi connectivity index (χ0v) is 14.8. The minimum Gasteiger partial charge on any atom is -0.481 e. The first kappa shape index (κ1) is 17.5. The van der Waals surface area contributed by atoms with E-state index in [1.165, 1.54) is 10.8 Å². The van der Waals surface area contributed by atoms with E-state index in [0.717, 1.165) is 15.8 Å². The first-order valence-corrected chi connectivity index (χ1v) is 10.9. The van der Waals surface area contributed by atoms with Gasteiger partial charge in [-0.3, -0.25) is 4.79 Å². The highest BCUT2D eigenvalue weighted by atomic mass is 33.1. The summed E-state index contributed by atoms with van der Waals surface area (Å²) in [7, 11) is 6.28. The Labute approximate surface area is 145 Å². The van der Waals surface area contributed by atoms with Gasteiger partial charge in [0.25, 0.3) is 0 Å². The SMILES string of the molecule is O=C(O)CC(CSSc1ccccn1)SSc1ccccn1. The fraction of sp³-hybridized carbons (Fsp3) is 0.214. The summed E-state index contributed by atoms with van der Waals surface area (Å²) < 4.78 is 0. The van der Waals surface area contributed by atoms with Crippen LogP contribution in [-0.2, 0) is 4.79 Å². The molecular formula is C14H14N2O2S4. The van der Waals surface area contributed by atoms with Crippen LogP contribution in [0.25, 0.3) is 0 Å². The maximum Gasteiger partial charge on any atom is 0.304 e. The molecule has 0 saturated carbocycles. The number of pyridine rings is 2. The summed E-state index contributed by atoms with van der Waals surface area (Å²) in [5, 5.41) is 10.9. The van der Waals surface area contributed by atoms with Gasteiger partial charge in [0.1, 0.15) is 10.1 Å². The van der Waals surface area contributed by atoms with E-state index in [1.54, 1.807) is 44.8 Å². The van der Waals surface area contributed by atoms with Crippen molar-refractivity contribution in [2.45, 2.75) is 21.7 Å². The van der Waals surface area contributed by atoms with Crippen molar-refractivity contribution < 1.29 is 9.90 Å². The van der Waals surface area contributed by atoms with Gasteiger partial charge in [0.15, 0.2) is 0 Å². The van der Waals surface area contributed by atoms with Gasteiger partial charge in [-0.1, -0.05) is 33.7 Å². The molecule has 2 aromatic rings. The van der Waals surface area contributed by atoms with Gasteiger partial charge in [-0.05, 0) is 45.9 Å². The lowest BCUT2D eigenvalue weighted by Crippen LogP contribution is -2.11. The molecule has 2 heterocycles. The fourth-order valence-electron chi connectivity index (χ4n) is 1.40. The molecule has 0 bridgehead atoms. The second-order valence-electron chi connectivity index (χ2n) is 4.10. The lowest BCUT2D eigenvalue weighted by Gasteiger charge is -2.12. The predicted molar refractivity (Wildman–Crippen MR) is 96.3 cm³/mol. The number of aromatic nitrogens is 2. The molecule has 0 saturated heterocycles. The largest absolute Gasteiger partial charge is 0.481 e. The third kappa shape index (κ3) is 6.95. The van der Waals surface area contributed by atoms with Crippen molar-refractivity contribution in [3.8, 4) is 0 Å². The van der Waals surface area contributed by atoms with Crippen LogP contribution in [0.3, 0.4) is 0 Å². The Morgan fingerprint density at radius 3 is 2.23 bits per heavy atom. The molecule has 0 aliphatic rings. The van der Waals surface area contributed by atoms with Gasteiger partial charge < -0.3 is 5.11 Å². The second-order valence-corrected chi connectivity index (χ2v) is 8.99. The highest BCUT2D eigenvalue weighted by molar-refractivity contribution is 8.78. The Balaban J connectivity index is 1.79. The molecule has 1 N–H and O–H groups in total. The van der Waals surface area contributed by atoms with Crippen LogP contribution >= 0.6 is 43.2 Å². The van der Waals surface area contributed by atoms with Crippen LogP contribution in [0.5, 0.6) is 0 Å². The normalized spacial score (nSPS) is 12.0. The predicted octanol–water partition coefficient (Wildman–Crippen LogP) is 4.50. The van der Waals surface area contributed by atoms with E-state index in [9.17, 15) is 4.79 Å². The minimum atomic E-state index is -0.775. The summed E-state index contributed by atoms with van der Waals surface area (Å²) in [6.45, 7) is 0. The molecule has 0 aliphatic carbocycles. The Bertz CT molecular complexity index is 572. The zero-order valence-electron chi connectivity index (χ0n) is 11.5. The van der Waals surface area contributed by atoms with Gasteiger partial charge in [-0.2, -0.15) is 0 Å². The standard InChI is InChI=1S/C14H14N2O2S4/c17-14(18)9-11(20-22-13-6-2-4-8-16-13)10-19-21-12-5-1-3-7-15-12/h1-8,11H,9-10H2,(H,17,18). The molecule has 2 rings (SSSR count). The molecule has 0 spiro atoms. The van der Waals surface area contributed by atoms with E-state index < -0.39 is 5.97 Å². The van der Waals surface area contributed by atoms with Gasteiger partial charge in [-0.15, -0.1) is 0 Å². The van der Waals surface area contributed by atoms with E-state index in [2.05, 4.69) is 9.97 Å². The van der Waals surface area contributed by atoms with Gasteiger partial charge in [0.05, 0.1) is 6.42 Å². The summed E-state index contributed by atoms with van der Waals surface area (Å²) >= 11 is 0. The molecule has 4 nitrogen and oxygen atoms in total. The van der Waals surface area contributed by atoms with Crippen molar-refractivity contribution in [2.24, 2.45) is 0 Å². The number of aliphatic carboxylic acids is 1. The third-order valence-electron chi connectivity index (χ3n) is 2.35. The fourth-order valence-corrected chi connectivity index (χ4v) is 6.52. The van der Waals surface area contributed by atoms with Crippen LogP contribution in [0.2, 0.25) is 0 Å².